The predicted octanol–water partition coefficient (Wildman–Crippen LogP) is 2.98. The van der Waals surface area contributed by atoms with Crippen LogP contribution in [0, 0.1) is 23.0 Å². The van der Waals surface area contributed by atoms with Gasteiger partial charge in [0.25, 0.3) is 0 Å². The molecule has 0 spiro atoms. The number of aryl methyl sites for hydroxylation is 1. The first-order chi connectivity index (χ1) is 19.4. The van der Waals surface area contributed by atoms with Gasteiger partial charge in [0.15, 0.2) is 17.2 Å². The molecule has 3 aromatic heterocycles. The van der Waals surface area contributed by atoms with Gasteiger partial charge in [-0.05, 0) is 36.8 Å². The van der Waals surface area contributed by atoms with Crippen LogP contribution in [0.5, 0.6) is 5.75 Å². The predicted molar refractivity (Wildman–Crippen MR) is 139 cm³/mol. The average Bonchev–Trinajstić information content (AvgIpc) is 3.50. The molecule has 0 bridgehead atoms. The van der Waals surface area contributed by atoms with Gasteiger partial charge in [-0.3, -0.25) is 18.5 Å². The number of hydrogen-bond acceptors (Lipinski definition) is 7. The van der Waals surface area contributed by atoms with Crippen molar-refractivity contribution in [2.75, 3.05) is 13.2 Å². The Morgan fingerprint density at radius 1 is 1.20 bits per heavy atom. The monoisotopic (exact) mass is 544 g/mol. The molecule has 0 aliphatic carbocycles. The Morgan fingerprint density at radius 2 is 2.02 bits per heavy atom. The van der Waals surface area contributed by atoms with Gasteiger partial charge in [-0.2, -0.15) is 10.2 Å². The molecule has 0 saturated heterocycles. The third kappa shape index (κ3) is 4.14. The number of nitrogens with zero attached hydrogens (tertiary/aromatic N) is 7. The van der Waals surface area contributed by atoms with E-state index in [9.17, 15) is 19.2 Å². The van der Waals surface area contributed by atoms with Gasteiger partial charge in [-0.15, -0.1) is 0 Å². The number of imidazole rings is 2. The zero-order chi connectivity index (χ0) is 28.0. The molecule has 5 aromatic rings. The molecule has 1 aliphatic rings. The zero-order valence-corrected chi connectivity index (χ0v) is 21.3. The number of nitriles is 1. The minimum atomic E-state index is -0.890. The van der Waals surface area contributed by atoms with Crippen LogP contribution in [0.25, 0.3) is 28.1 Å². The summed E-state index contributed by atoms with van der Waals surface area (Å²) in [6.45, 7) is 2.05. The maximum atomic E-state index is 15.1. The normalized spacial score (nSPS) is 14.6. The third-order valence-corrected chi connectivity index (χ3v) is 6.89. The van der Waals surface area contributed by atoms with E-state index >= 15 is 4.39 Å². The second-order valence-electron chi connectivity index (χ2n) is 9.37. The van der Waals surface area contributed by atoms with Crippen LogP contribution in [0.4, 0.5) is 8.78 Å². The largest absolute Gasteiger partial charge is 0.490 e. The summed E-state index contributed by atoms with van der Waals surface area (Å²) in [5, 5.41) is 12.1. The third-order valence-electron chi connectivity index (χ3n) is 6.89. The first kappa shape index (κ1) is 25.2. The molecule has 6 rings (SSSR count). The van der Waals surface area contributed by atoms with Gasteiger partial charge in [0.05, 0.1) is 47.1 Å². The van der Waals surface area contributed by atoms with Crippen molar-refractivity contribution in [1.82, 2.24) is 34.0 Å². The average molecular weight is 545 g/mol. The number of ether oxygens (including phenoxy) is 1. The molecule has 4 heterocycles. The molecule has 2 aromatic carbocycles. The topological polar surface area (TPSA) is 133 Å². The highest BCUT2D eigenvalue weighted by molar-refractivity contribution is 5.79. The maximum absolute atomic E-state index is 15.1. The summed E-state index contributed by atoms with van der Waals surface area (Å²) in [6.07, 6.45) is 3.66. The van der Waals surface area contributed by atoms with Gasteiger partial charge >= 0.3 is 5.69 Å². The van der Waals surface area contributed by atoms with Gasteiger partial charge in [-0.25, -0.2) is 23.5 Å². The summed E-state index contributed by atoms with van der Waals surface area (Å²) in [6, 6.07) is 8.22. The second-order valence-corrected chi connectivity index (χ2v) is 9.37. The number of nitrogens with one attached hydrogen (secondary N) is 1. The number of carbonyl (C=O) groups is 1. The van der Waals surface area contributed by atoms with Crippen LogP contribution in [0.2, 0.25) is 0 Å². The number of amides is 1. The van der Waals surface area contributed by atoms with Crippen molar-refractivity contribution in [2.45, 2.75) is 32.4 Å². The Morgan fingerprint density at radius 3 is 2.83 bits per heavy atom. The standard InChI is InChI=1S/C27H22F2N8O3/c1-15(38)31-8-2-9-35-22-13-32-26(36-14-33-19-6-3-16(12-30)11-21(19)36)34-25(22)37(27(35)39)20-7-10-40-24-18(29)5-4-17(28)23(20)24/h3-6,11,13-14,20H,2,7-10H2,1H3,(H,31,38)/t20-/m1/s1. The molecule has 11 nitrogen and oxygen atoms in total. The molecule has 1 atom stereocenters. The molecular formula is C27H22F2N8O3. The molecule has 1 amide bonds. The first-order valence-electron chi connectivity index (χ1n) is 12.6. The lowest BCUT2D eigenvalue weighted by Crippen LogP contribution is -2.32. The molecule has 0 fully saturated rings. The SMILES string of the molecule is CC(=O)NCCCn1c(=O)n([C@@H]2CCOc3c(F)ccc(F)c32)c2nc(-n3cnc4ccc(C#N)cc43)ncc21. The molecular weight excluding hydrogens is 522 g/mol. The van der Waals surface area contributed by atoms with Crippen LogP contribution < -0.4 is 15.7 Å². The number of halogens is 2. The zero-order valence-electron chi connectivity index (χ0n) is 21.3. The van der Waals surface area contributed by atoms with Crippen molar-refractivity contribution in [3.05, 3.63) is 76.1 Å². The molecule has 40 heavy (non-hydrogen) atoms. The van der Waals surface area contributed by atoms with Gasteiger partial charge in [-0.1, -0.05) is 0 Å². The lowest BCUT2D eigenvalue weighted by molar-refractivity contribution is -0.118. The lowest BCUT2D eigenvalue weighted by Gasteiger charge is -2.27. The second kappa shape index (κ2) is 9.88. The van der Waals surface area contributed by atoms with E-state index in [0.717, 1.165) is 12.1 Å². The van der Waals surface area contributed by atoms with Gasteiger partial charge < -0.3 is 10.1 Å². The van der Waals surface area contributed by atoms with E-state index in [2.05, 4.69) is 21.4 Å². The van der Waals surface area contributed by atoms with Crippen molar-refractivity contribution >= 4 is 28.1 Å². The van der Waals surface area contributed by atoms with E-state index < -0.39 is 23.4 Å². The Bertz CT molecular complexity index is 1900. The maximum Gasteiger partial charge on any atom is 0.330 e. The Kier molecular flexibility index (Phi) is 6.22. The Balaban J connectivity index is 1.55. The minimum Gasteiger partial charge on any atom is -0.490 e. The van der Waals surface area contributed by atoms with E-state index in [1.54, 1.807) is 22.8 Å². The van der Waals surface area contributed by atoms with E-state index in [1.807, 2.05) is 0 Å². The fourth-order valence-corrected chi connectivity index (χ4v) is 5.08. The van der Waals surface area contributed by atoms with Crippen molar-refractivity contribution in [2.24, 2.45) is 0 Å². The molecule has 13 heteroatoms. The van der Waals surface area contributed by atoms with Crippen LogP contribution in [-0.4, -0.2) is 47.7 Å². The summed E-state index contributed by atoms with van der Waals surface area (Å²) >= 11 is 0. The fraction of sp³-hybridized carbons (Fsp3) is 0.259. The molecule has 0 unspecified atom stereocenters. The van der Waals surface area contributed by atoms with Crippen molar-refractivity contribution < 1.29 is 18.3 Å². The van der Waals surface area contributed by atoms with Crippen LogP contribution in [-0.2, 0) is 11.3 Å². The van der Waals surface area contributed by atoms with Crippen LogP contribution in [0.15, 0.2) is 47.7 Å². The highest BCUT2D eigenvalue weighted by Crippen LogP contribution is 2.39. The molecule has 0 saturated carbocycles. The van der Waals surface area contributed by atoms with Crippen LogP contribution in [0.3, 0.4) is 0 Å². The Hall–Kier alpha value is -5.12. The summed E-state index contributed by atoms with van der Waals surface area (Å²) in [4.78, 5) is 38.7. The highest BCUT2D eigenvalue weighted by Gasteiger charge is 2.33. The quantitative estimate of drug-likeness (QED) is 0.325. The first-order valence-corrected chi connectivity index (χ1v) is 12.6. The fourth-order valence-electron chi connectivity index (χ4n) is 5.08. The van der Waals surface area contributed by atoms with Crippen molar-refractivity contribution in [3.63, 3.8) is 0 Å². The van der Waals surface area contributed by atoms with Gasteiger partial charge in [0.1, 0.15) is 17.7 Å². The number of carbonyl (C=O) groups excluding carboxylic acids is 1. The molecule has 1 aliphatic heterocycles. The van der Waals surface area contributed by atoms with Crippen LogP contribution in [0.1, 0.15) is 36.9 Å². The Labute approximate surface area is 225 Å². The van der Waals surface area contributed by atoms with E-state index in [-0.39, 0.29) is 48.4 Å². The number of fused-ring (bicyclic) bond motifs is 3. The minimum absolute atomic E-state index is 0.0578. The number of rotatable bonds is 6. The number of hydrogen-bond donors (Lipinski definition) is 1. The number of benzene rings is 2. The van der Waals surface area contributed by atoms with Gasteiger partial charge in [0.2, 0.25) is 11.9 Å². The smallest absolute Gasteiger partial charge is 0.330 e. The molecule has 1 N–H and O–H groups in total. The summed E-state index contributed by atoms with van der Waals surface area (Å²) in [5.74, 6) is -1.65. The molecule has 0 radical (unpaired) electrons. The van der Waals surface area contributed by atoms with Crippen molar-refractivity contribution in [1.29, 1.82) is 5.26 Å². The summed E-state index contributed by atoms with van der Waals surface area (Å²) in [7, 11) is 0. The van der Waals surface area contributed by atoms with Crippen LogP contribution >= 0.6 is 0 Å². The summed E-state index contributed by atoms with van der Waals surface area (Å²) < 4.78 is 39.6. The van der Waals surface area contributed by atoms with E-state index in [0.29, 0.717) is 35.1 Å². The van der Waals surface area contributed by atoms with E-state index in [1.165, 1.54) is 28.6 Å². The van der Waals surface area contributed by atoms with Gasteiger partial charge in [0, 0.05) is 26.4 Å². The number of aromatic nitrogens is 6. The molecule has 202 valence electrons. The van der Waals surface area contributed by atoms with Crippen molar-refractivity contribution in [3.8, 4) is 17.8 Å². The highest BCUT2D eigenvalue weighted by atomic mass is 19.1. The van der Waals surface area contributed by atoms with E-state index in [4.69, 9.17) is 9.72 Å². The lowest BCUT2D eigenvalue weighted by atomic mass is 9.99. The summed E-state index contributed by atoms with van der Waals surface area (Å²) in [5.41, 5.74) is 1.70.